The first-order valence-electron chi connectivity index (χ1n) is 3.71. The van der Waals surface area contributed by atoms with Gasteiger partial charge in [0.15, 0.2) is 0 Å². The van der Waals surface area contributed by atoms with Crippen molar-refractivity contribution in [3.8, 4) is 0 Å². The Morgan fingerprint density at radius 1 is 1.06 bits per heavy atom. The highest BCUT2D eigenvalue weighted by Crippen LogP contribution is 2.19. The summed E-state index contributed by atoms with van der Waals surface area (Å²) in [7, 11) is 0.469. The number of benzene rings is 1. The topological polar surface area (TPSA) is 68.3 Å². The molecule has 1 rings (SSSR count). The maximum absolute atomic E-state index is 11.3. The molecule has 0 amide bonds. The summed E-state index contributed by atoms with van der Waals surface area (Å²) in [5.41, 5.74) is -0.399. The molecule has 8 heteroatoms. The van der Waals surface area contributed by atoms with Gasteiger partial charge in [0, 0.05) is 26.8 Å². The van der Waals surface area contributed by atoms with Crippen molar-refractivity contribution in [2.24, 2.45) is 0 Å². The van der Waals surface area contributed by atoms with E-state index in [0.717, 1.165) is 12.1 Å². The van der Waals surface area contributed by atoms with Crippen LogP contribution in [0.25, 0.3) is 0 Å². The van der Waals surface area contributed by atoms with Gasteiger partial charge in [0.2, 0.25) is 0 Å². The van der Waals surface area contributed by atoms with Crippen molar-refractivity contribution >= 4 is 53.3 Å². The van der Waals surface area contributed by atoms with E-state index >= 15 is 0 Å². The molecule has 4 nitrogen and oxygen atoms in total. The zero-order chi connectivity index (χ0) is 12.5. The Morgan fingerprint density at radius 3 is 2.00 bits per heavy atom. The molecule has 0 N–H and O–H groups in total. The lowest BCUT2D eigenvalue weighted by molar-refractivity contribution is 0.107. The molecule has 0 aromatic heterocycles. The lowest BCUT2D eigenvalue weighted by Gasteiger charge is -2.00. The van der Waals surface area contributed by atoms with Crippen molar-refractivity contribution in [3.63, 3.8) is 0 Å². The molecule has 0 bridgehead atoms. The molecule has 0 spiro atoms. The number of halogens is 3. The van der Waals surface area contributed by atoms with Gasteiger partial charge in [-0.05, 0) is 29.8 Å². The minimum absolute atomic E-state index is 0.00941. The van der Waals surface area contributed by atoms with Crippen LogP contribution in [0.4, 0.5) is 0 Å². The molecule has 0 saturated carbocycles. The van der Waals surface area contributed by atoms with Gasteiger partial charge in [-0.2, -0.15) is 0 Å². The minimum Gasteiger partial charge on any atom is -0.276 e. The third-order valence-corrected chi connectivity index (χ3v) is 3.12. The van der Waals surface area contributed by atoms with Gasteiger partial charge < -0.3 is 0 Å². The molecule has 0 fully saturated rings. The second-order valence-electron chi connectivity index (χ2n) is 2.73. The average Bonchev–Trinajstić information content (AvgIpc) is 2.14. The molecule has 1 aromatic rings. The fraction of sp³-hybridized carbons (Fsp3) is 0. The molecular weight excluding hydrogens is 299 g/mol. The zero-order valence-electron chi connectivity index (χ0n) is 7.41. The van der Waals surface area contributed by atoms with Gasteiger partial charge in [0.05, 0.1) is 0 Å². The van der Waals surface area contributed by atoms with Crippen molar-refractivity contribution in [2.45, 2.75) is 0 Å². The SMILES string of the molecule is O=C(Cl)c1cc(Cl)cc(C(=O)S(=O)(=O)Cl)c1. The Hall–Kier alpha value is -0.620. The summed E-state index contributed by atoms with van der Waals surface area (Å²) in [6.45, 7) is 0. The Kier molecular flexibility index (Phi) is 3.96. The van der Waals surface area contributed by atoms with Crippen molar-refractivity contribution in [3.05, 3.63) is 34.3 Å². The van der Waals surface area contributed by atoms with Crippen molar-refractivity contribution in [1.29, 1.82) is 0 Å². The molecule has 0 unspecified atom stereocenters. The molecule has 0 radical (unpaired) electrons. The normalized spacial score (nSPS) is 11.2. The monoisotopic (exact) mass is 300 g/mol. The molecular formula is C8H3Cl3O4S. The molecule has 0 atom stereocenters. The maximum atomic E-state index is 11.3. The number of carbonyl (C=O) groups excluding carboxylic acids is 2. The fourth-order valence-electron chi connectivity index (χ4n) is 0.962. The van der Waals surface area contributed by atoms with Gasteiger partial charge in [-0.15, -0.1) is 0 Å². The van der Waals surface area contributed by atoms with E-state index in [0.29, 0.717) is 0 Å². The average molecular weight is 302 g/mol. The third-order valence-electron chi connectivity index (χ3n) is 1.58. The molecule has 0 heterocycles. The van der Waals surface area contributed by atoms with Crippen LogP contribution in [0.2, 0.25) is 5.02 Å². The van der Waals surface area contributed by atoms with E-state index in [-0.39, 0.29) is 16.1 Å². The van der Waals surface area contributed by atoms with E-state index in [1.807, 2.05) is 0 Å². The van der Waals surface area contributed by atoms with E-state index in [9.17, 15) is 18.0 Å². The molecule has 86 valence electrons. The summed E-state index contributed by atoms with van der Waals surface area (Å²) in [6.07, 6.45) is 0. The number of hydrogen-bond acceptors (Lipinski definition) is 4. The van der Waals surface area contributed by atoms with E-state index in [1.54, 1.807) is 0 Å². The smallest absolute Gasteiger partial charge is 0.276 e. The quantitative estimate of drug-likeness (QED) is 0.787. The summed E-state index contributed by atoms with van der Waals surface area (Å²) in [6, 6.07) is 3.28. The number of rotatable bonds is 2. The first kappa shape index (κ1) is 13.4. The van der Waals surface area contributed by atoms with E-state index in [4.69, 9.17) is 33.9 Å². The summed E-state index contributed by atoms with van der Waals surface area (Å²) in [5, 5.41) is -2.19. The van der Waals surface area contributed by atoms with Crippen molar-refractivity contribution in [2.75, 3.05) is 0 Å². The predicted molar refractivity (Wildman–Crippen MR) is 60.7 cm³/mol. The van der Waals surface area contributed by atoms with E-state index in [2.05, 4.69) is 0 Å². The lowest BCUT2D eigenvalue weighted by Crippen LogP contribution is -2.09. The number of hydrogen-bond donors (Lipinski definition) is 0. The van der Waals surface area contributed by atoms with Crippen molar-refractivity contribution in [1.82, 2.24) is 0 Å². The highest BCUT2D eigenvalue weighted by atomic mass is 35.7. The highest BCUT2D eigenvalue weighted by molar-refractivity contribution is 8.25. The van der Waals surface area contributed by atoms with Crippen LogP contribution in [-0.2, 0) is 9.05 Å². The molecule has 16 heavy (non-hydrogen) atoms. The van der Waals surface area contributed by atoms with Crippen LogP contribution in [0.3, 0.4) is 0 Å². The highest BCUT2D eigenvalue weighted by Gasteiger charge is 2.22. The van der Waals surface area contributed by atoms with Gasteiger partial charge in [-0.3, -0.25) is 9.59 Å². The predicted octanol–water partition coefficient (Wildman–Crippen LogP) is 2.43. The Labute approximate surface area is 106 Å². The van der Waals surface area contributed by atoms with Gasteiger partial charge >= 0.3 is 0 Å². The second kappa shape index (κ2) is 4.71. The van der Waals surface area contributed by atoms with Crippen LogP contribution in [0.15, 0.2) is 18.2 Å². The van der Waals surface area contributed by atoms with Gasteiger partial charge in [-0.1, -0.05) is 11.6 Å². The Morgan fingerprint density at radius 2 is 1.56 bits per heavy atom. The molecule has 0 saturated heterocycles. The van der Waals surface area contributed by atoms with Crippen LogP contribution in [0.5, 0.6) is 0 Å². The second-order valence-corrected chi connectivity index (χ2v) is 5.97. The summed E-state index contributed by atoms with van der Waals surface area (Å²) in [5.74, 6) is 0. The molecule has 0 aliphatic rings. The van der Waals surface area contributed by atoms with E-state index in [1.165, 1.54) is 6.07 Å². The summed E-state index contributed by atoms with van der Waals surface area (Å²) < 4.78 is 21.6. The molecule has 0 aliphatic heterocycles. The largest absolute Gasteiger partial charge is 0.299 e. The standard InChI is InChI=1S/C8H3Cl3O4S/c9-6-2-4(7(10)12)1-5(3-6)8(13)16(11,14)15/h1-3H. The van der Waals surface area contributed by atoms with Gasteiger partial charge in [-0.25, -0.2) is 8.42 Å². The van der Waals surface area contributed by atoms with Gasteiger partial charge in [0.1, 0.15) is 0 Å². The van der Waals surface area contributed by atoms with E-state index < -0.39 is 19.4 Å². The lowest BCUT2D eigenvalue weighted by atomic mass is 10.1. The third kappa shape index (κ3) is 3.18. The first-order chi connectivity index (χ1) is 7.21. The molecule has 1 aromatic carbocycles. The zero-order valence-corrected chi connectivity index (χ0v) is 10.5. The van der Waals surface area contributed by atoms with Crippen LogP contribution < -0.4 is 0 Å². The molecule has 0 aliphatic carbocycles. The number of carbonyl (C=O) groups is 2. The maximum Gasteiger partial charge on any atom is 0.299 e. The fourth-order valence-corrected chi connectivity index (χ4v) is 1.97. The van der Waals surface area contributed by atoms with Crippen LogP contribution in [0.1, 0.15) is 20.7 Å². The van der Waals surface area contributed by atoms with Crippen LogP contribution in [0, 0.1) is 0 Å². The van der Waals surface area contributed by atoms with Gasteiger partial charge in [0.25, 0.3) is 19.4 Å². The Balaban J connectivity index is 3.37. The minimum atomic E-state index is -4.39. The van der Waals surface area contributed by atoms with Crippen LogP contribution in [-0.4, -0.2) is 18.8 Å². The van der Waals surface area contributed by atoms with Crippen LogP contribution >= 0.6 is 33.9 Å². The Bertz CT molecular complexity index is 565. The summed E-state index contributed by atoms with van der Waals surface area (Å²) in [4.78, 5) is 22.1. The van der Waals surface area contributed by atoms with Crippen molar-refractivity contribution < 1.29 is 18.0 Å². The first-order valence-corrected chi connectivity index (χ1v) is 6.78. The summed E-state index contributed by atoms with van der Waals surface area (Å²) >= 11 is 10.8.